The van der Waals surface area contributed by atoms with Crippen molar-refractivity contribution in [2.24, 2.45) is 0 Å². The van der Waals surface area contributed by atoms with Crippen molar-refractivity contribution in [2.75, 3.05) is 14.2 Å². The molecule has 3 unspecified atom stereocenters. The van der Waals surface area contributed by atoms with Gasteiger partial charge in [0.1, 0.15) is 11.9 Å². The van der Waals surface area contributed by atoms with Crippen LogP contribution in [-0.2, 0) is 4.74 Å². The Morgan fingerprint density at radius 1 is 1.30 bits per heavy atom. The molecule has 0 saturated heterocycles. The Hall–Kier alpha value is -1.06. The van der Waals surface area contributed by atoms with Crippen molar-refractivity contribution in [1.29, 1.82) is 0 Å². The predicted molar refractivity (Wildman–Crippen MR) is 82.2 cm³/mol. The van der Waals surface area contributed by atoms with Gasteiger partial charge in [-0.1, -0.05) is 19.1 Å². The highest BCUT2D eigenvalue weighted by Crippen LogP contribution is 2.27. The van der Waals surface area contributed by atoms with Gasteiger partial charge in [-0.2, -0.15) is 0 Å². The van der Waals surface area contributed by atoms with E-state index in [1.807, 2.05) is 7.05 Å². The molecule has 20 heavy (non-hydrogen) atoms. The largest absolute Gasteiger partial charge is 0.490 e. The van der Waals surface area contributed by atoms with Gasteiger partial charge in [0.25, 0.3) is 0 Å². The third-order valence-corrected chi connectivity index (χ3v) is 4.23. The molecule has 0 aromatic heterocycles. The summed E-state index contributed by atoms with van der Waals surface area (Å²) in [7, 11) is 3.80. The number of rotatable bonds is 6. The second-order valence-electron chi connectivity index (χ2n) is 5.59. The summed E-state index contributed by atoms with van der Waals surface area (Å²) < 4.78 is 11.6. The zero-order valence-electron chi connectivity index (χ0n) is 12.9. The van der Waals surface area contributed by atoms with Gasteiger partial charge in [0.05, 0.1) is 6.10 Å². The van der Waals surface area contributed by atoms with Gasteiger partial charge in [-0.05, 0) is 50.4 Å². The Morgan fingerprint density at radius 3 is 2.80 bits per heavy atom. The van der Waals surface area contributed by atoms with Crippen molar-refractivity contribution in [2.45, 2.75) is 57.3 Å². The van der Waals surface area contributed by atoms with Crippen LogP contribution in [0.5, 0.6) is 5.75 Å². The van der Waals surface area contributed by atoms with Crippen LogP contribution in [-0.4, -0.2) is 26.4 Å². The van der Waals surface area contributed by atoms with Crippen molar-refractivity contribution in [1.82, 2.24) is 5.32 Å². The first-order valence-corrected chi connectivity index (χ1v) is 7.73. The first-order chi connectivity index (χ1) is 9.76. The molecule has 0 amide bonds. The van der Waals surface area contributed by atoms with E-state index >= 15 is 0 Å². The molecule has 1 aromatic rings. The summed E-state index contributed by atoms with van der Waals surface area (Å²) in [4.78, 5) is 0. The van der Waals surface area contributed by atoms with Gasteiger partial charge in [0.15, 0.2) is 0 Å². The van der Waals surface area contributed by atoms with E-state index in [1.54, 1.807) is 7.11 Å². The van der Waals surface area contributed by atoms with Gasteiger partial charge in [0.2, 0.25) is 0 Å². The fourth-order valence-electron chi connectivity index (χ4n) is 3.03. The minimum absolute atomic E-state index is 0.290. The summed E-state index contributed by atoms with van der Waals surface area (Å²) in [6.07, 6.45) is 6.22. The molecule has 1 aromatic carbocycles. The van der Waals surface area contributed by atoms with E-state index in [4.69, 9.17) is 9.47 Å². The van der Waals surface area contributed by atoms with Crippen LogP contribution in [0.4, 0.5) is 0 Å². The van der Waals surface area contributed by atoms with E-state index < -0.39 is 0 Å². The first-order valence-electron chi connectivity index (χ1n) is 7.73. The van der Waals surface area contributed by atoms with Crippen molar-refractivity contribution in [3.8, 4) is 5.75 Å². The standard InChI is InChI=1S/C17H27NO2/c1-4-17(18-2)13-7-5-9-15(11-13)20-16-10-6-8-14(12-16)19-3/h5,7,9,11,14,16-18H,4,6,8,10,12H2,1-3H3. The maximum atomic E-state index is 6.16. The Kier molecular flexibility index (Phi) is 5.86. The van der Waals surface area contributed by atoms with Gasteiger partial charge in [-0.15, -0.1) is 0 Å². The van der Waals surface area contributed by atoms with Gasteiger partial charge in [0, 0.05) is 19.6 Å². The summed E-state index contributed by atoms with van der Waals surface area (Å²) in [5.74, 6) is 0.984. The SMILES string of the molecule is CCC(NC)c1cccc(OC2CCCC(OC)C2)c1. The van der Waals surface area contributed by atoms with Gasteiger partial charge in [-0.25, -0.2) is 0 Å². The predicted octanol–water partition coefficient (Wildman–Crippen LogP) is 3.69. The molecule has 0 heterocycles. The van der Waals surface area contributed by atoms with Crippen LogP contribution in [0.25, 0.3) is 0 Å². The second-order valence-corrected chi connectivity index (χ2v) is 5.59. The van der Waals surface area contributed by atoms with E-state index in [9.17, 15) is 0 Å². The smallest absolute Gasteiger partial charge is 0.120 e. The number of nitrogens with one attached hydrogen (secondary N) is 1. The molecule has 3 atom stereocenters. The number of hydrogen-bond acceptors (Lipinski definition) is 3. The lowest BCUT2D eigenvalue weighted by molar-refractivity contribution is 0.0209. The molecule has 112 valence electrons. The molecule has 1 fully saturated rings. The van der Waals surface area contributed by atoms with E-state index in [2.05, 4.69) is 36.5 Å². The zero-order valence-corrected chi connectivity index (χ0v) is 12.9. The Bertz CT molecular complexity index is 404. The monoisotopic (exact) mass is 277 g/mol. The molecule has 2 rings (SSSR count). The fraction of sp³-hybridized carbons (Fsp3) is 0.647. The summed E-state index contributed by atoms with van der Waals surface area (Å²) in [5.41, 5.74) is 1.30. The number of hydrogen-bond donors (Lipinski definition) is 1. The van der Waals surface area contributed by atoms with Crippen molar-refractivity contribution in [3.05, 3.63) is 29.8 Å². The van der Waals surface area contributed by atoms with E-state index in [0.29, 0.717) is 18.2 Å². The average Bonchev–Trinajstić information content (AvgIpc) is 2.49. The molecule has 0 radical (unpaired) electrons. The lowest BCUT2D eigenvalue weighted by atomic mass is 9.95. The lowest BCUT2D eigenvalue weighted by Crippen LogP contribution is -2.29. The zero-order chi connectivity index (χ0) is 14.4. The number of ether oxygens (including phenoxy) is 2. The molecule has 3 heteroatoms. The summed E-state index contributed by atoms with van der Waals surface area (Å²) in [6.45, 7) is 2.19. The highest BCUT2D eigenvalue weighted by molar-refractivity contribution is 5.30. The van der Waals surface area contributed by atoms with Crippen LogP contribution in [0.3, 0.4) is 0 Å². The molecule has 1 aliphatic rings. The maximum Gasteiger partial charge on any atom is 0.120 e. The molecule has 1 N–H and O–H groups in total. The third kappa shape index (κ3) is 3.97. The number of methoxy groups -OCH3 is 1. The van der Waals surface area contributed by atoms with Crippen molar-refractivity contribution in [3.63, 3.8) is 0 Å². The summed E-state index contributed by atoms with van der Waals surface area (Å²) >= 11 is 0. The number of benzene rings is 1. The summed E-state index contributed by atoms with van der Waals surface area (Å²) in [6, 6.07) is 8.87. The average molecular weight is 277 g/mol. The van der Waals surface area contributed by atoms with E-state index in [-0.39, 0.29) is 0 Å². The molecule has 3 nitrogen and oxygen atoms in total. The molecule has 0 spiro atoms. The van der Waals surface area contributed by atoms with Crippen LogP contribution in [0.1, 0.15) is 50.6 Å². The molecule has 0 bridgehead atoms. The van der Waals surface area contributed by atoms with Crippen LogP contribution in [0.2, 0.25) is 0 Å². The van der Waals surface area contributed by atoms with Crippen LogP contribution in [0.15, 0.2) is 24.3 Å². The third-order valence-electron chi connectivity index (χ3n) is 4.23. The summed E-state index contributed by atoms with van der Waals surface area (Å²) in [5, 5.41) is 3.34. The fourth-order valence-corrected chi connectivity index (χ4v) is 3.03. The molecular formula is C17H27NO2. The molecule has 1 saturated carbocycles. The lowest BCUT2D eigenvalue weighted by Gasteiger charge is -2.29. The van der Waals surface area contributed by atoms with Gasteiger partial charge in [-0.3, -0.25) is 0 Å². The quantitative estimate of drug-likeness (QED) is 0.860. The van der Waals surface area contributed by atoms with Gasteiger partial charge >= 0.3 is 0 Å². The van der Waals surface area contributed by atoms with E-state index in [0.717, 1.165) is 31.4 Å². The van der Waals surface area contributed by atoms with E-state index in [1.165, 1.54) is 12.0 Å². The first kappa shape index (κ1) is 15.3. The highest BCUT2D eigenvalue weighted by Gasteiger charge is 2.23. The minimum Gasteiger partial charge on any atom is -0.490 e. The normalized spacial score (nSPS) is 24.4. The minimum atomic E-state index is 0.290. The van der Waals surface area contributed by atoms with Crippen LogP contribution >= 0.6 is 0 Å². The Labute approximate surface area is 122 Å². The Balaban J connectivity index is 2.00. The highest BCUT2D eigenvalue weighted by atomic mass is 16.5. The van der Waals surface area contributed by atoms with Crippen molar-refractivity contribution >= 4 is 0 Å². The van der Waals surface area contributed by atoms with Gasteiger partial charge < -0.3 is 14.8 Å². The van der Waals surface area contributed by atoms with Crippen LogP contribution < -0.4 is 10.1 Å². The Morgan fingerprint density at radius 2 is 2.10 bits per heavy atom. The molecule has 0 aliphatic heterocycles. The topological polar surface area (TPSA) is 30.5 Å². The molecular weight excluding hydrogens is 250 g/mol. The van der Waals surface area contributed by atoms with Crippen molar-refractivity contribution < 1.29 is 9.47 Å². The second kappa shape index (κ2) is 7.65. The van der Waals surface area contributed by atoms with Crippen LogP contribution in [0, 0.1) is 0 Å². The molecule has 1 aliphatic carbocycles. The maximum absolute atomic E-state index is 6.16.